The van der Waals surface area contributed by atoms with Gasteiger partial charge in [0.1, 0.15) is 5.60 Å². The second-order valence-electron chi connectivity index (χ2n) is 10.4. The lowest BCUT2D eigenvalue weighted by Crippen LogP contribution is -2.58. The molecule has 0 aromatic heterocycles. The third kappa shape index (κ3) is 3.92. The van der Waals surface area contributed by atoms with E-state index in [2.05, 4.69) is 18.2 Å². The van der Waals surface area contributed by atoms with Crippen LogP contribution in [0.15, 0.2) is 24.3 Å². The van der Waals surface area contributed by atoms with E-state index in [-0.39, 0.29) is 17.7 Å². The van der Waals surface area contributed by atoms with Crippen LogP contribution in [-0.2, 0) is 4.79 Å². The summed E-state index contributed by atoms with van der Waals surface area (Å²) >= 11 is 0. The Morgan fingerprint density at radius 2 is 1.59 bits per heavy atom. The molecule has 4 atom stereocenters. The van der Waals surface area contributed by atoms with Crippen molar-refractivity contribution in [2.75, 3.05) is 26.2 Å². The van der Waals surface area contributed by atoms with Crippen molar-refractivity contribution >= 4 is 11.8 Å². The Hall–Kier alpha value is -2.39. The van der Waals surface area contributed by atoms with Crippen LogP contribution < -0.4 is 0 Å². The summed E-state index contributed by atoms with van der Waals surface area (Å²) in [5.74, 6) is 2.03. The van der Waals surface area contributed by atoms with Gasteiger partial charge in [0.25, 0.3) is 11.8 Å². The number of rotatable bonds is 3. The minimum atomic E-state index is -1.16. The molecular weight excluding hydrogens is 402 g/mol. The molecule has 0 radical (unpaired) electrons. The topological polar surface area (TPSA) is 84.6 Å². The first-order valence-corrected chi connectivity index (χ1v) is 12.3. The number of carbonyl (C=O) groups excluding carboxylic acids is 2. The molecule has 6 nitrogen and oxygen atoms in total. The summed E-state index contributed by atoms with van der Waals surface area (Å²) in [5.41, 5.74) is 0.852. The normalized spacial score (nSPS) is 31.4. The van der Waals surface area contributed by atoms with E-state index >= 15 is 0 Å². The minimum absolute atomic E-state index is 0.0161. The average Bonchev–Trinajstić information content (AvgIpc) is 3.24. The first-order chi connectivity index (χ1) is 15.5. The van der Waals surface area contributed by atoms with Crippen LogP contribution >= 0.6 is 0 Å². The fraction of sp³-hybridized carbons (Fsp3) is 0.654. The Labute approximate surface area is 190 Å². The molecule has 0 spiro atoms. The second-order valence-corrected chi connectivity index (χ2v) is 10.4. The first kappa shape index (κ1) is 21.5. The van der Waals surface area contributed by atoms with E-state index in [1.54, 1.807) is 4.90 Å². The van der Waals surface area contributed by atoms with E-state index < -0.39 is 5.60 Å². The van der Waals surface area contributed by atoms with Crippen LogP contribution in [0.3, 0.4) is 0 Å². The molecule has 1 aliphatic heterocycles. The van der Waals surface area contributed by atoms with Crippen molar-refractivity contribution in [3.05, 3.63) is 35.4 Å². The van der Waals surface area contributed by atoms with Crippen LogP contribution in [0, 0.1) is 29.1 Å². The summed E-state index contributed by atoms with van der Waals surface area (Å²) in [7, 11) is 0. The lowest BCUT2D eigenvalue weighted by Gasteiger charge is -2.42. The first-order valence-electron chi connectivity index (χ1n) is 12.3. The fourth-order valence-corrected chi connectivity index (χ4v) is 6.37. The van der Waals surface area contributed by atoms with E-state index in [0.29, 0.717) is 56.4 Å². The third-order valence-electron chi connectivity index (χ3n) is 8.56. The fourth-order valence-electron chi connectivity index (χ4n) is 6.37. The highest BCUT2D eigenvalue weighted by atomic mass is 16.3. The van der Waals surface area contributed by atoms with Gasteiger partial charge in [-0.25, -0.2) is 0 Å². The number of hydrogen-bond donors (Lipinski definition) is 1. The molecule has 4 fully saturated rings. The number of nitrogens with zero attached hydrogens (tertiary/aromatic N) is 3. The predicted octanol–water partition coefficient (Wildman–Crippen LogP) is 3.32. The van der Waals surface area contributed by atoms with Crippen LogP contribution in [-0.4, -0.2) is 58.5 Å². The van der Waals surface area contributed by atoms with Gasteiger partial charge in [0, 0.05) is 37.7 Å². The van der Waals surface area contributed by atoms with Crippen molar-refractivity contribution in [1.82, 2.24) is 9.80 Å². The average molecular weight is 436 g/mol. The molecule has 32 heavy (non-hydrogen) atoms. The summed E-state index contributed by atoms with van der Waals surface area (Å²) in [6.07, 6.45) is 7.70. The van der Waals surface area contributed by atoms with Gasteiger partial charge in [0.2, 0.25) is 0 Å². The maximum Gasteiger partial charge on any atom is 0.254 e. The van der Waals surface area contributed by atoms with Crippen LogP contribution in [0.1, 0.15) is 73.2 Å². The summed E-state index contributed by atoms with van der Waals surface area (Å²) in [5, 5.41) is 19.6. The molecule has 0 bridgehead atoms. The molecule has 1 heterocycles. The van der Waals surface area contributed by atoms with Crippen LogP contribution in [0.2, 0.25) is 0 Å². The summed E-state index contributed by atoms with van der Waals surface area (Å²) in [6, 6.07) is 10.6. The van der Waals surface area contributed by atoms with Crippen molar-refractivity contribution in [1.29, 1.82) is 5.26 Å². The number of fused-ring (bicyclic) bond motifs is 1. The number of amides is 2. The van der Waals surface area contributed by atoms with Crippen molar-refractivity contribution < 1.29 is 14.7 Å². The molecule has 1 aromatic rings. The van der Waals surface area contributed by atoms with Gasteiger partial charge in [-0.1, -0.05) is 12.1 Å². The Kier molecular flexibility index (Phi) is 5.71. The van der Waals surface area contributed by atoms with E-state index in [4.69, 9.17) is 0 Å². The van der Waals surface area contributed by atoms with E-state index in [1.165, 1.54) is 24.8 Å². The van der Waals surface area contributed by atoms with E-state index in [9.17, 15) is 20.0 Å². The summed E-state index contributed by atoms with van der Waals surface area (Å²) in [4.78, 5) is 29.0. The van der Waals surface area contributed by atoms with Crippen LogP contribution in [0.5, 0.6) is 0 Å². The largest absolute Gasteiger partial charge is 0.380 e. The number of aliphatic hydroxyl groups is 1. The molecule has 1 saturated heterocycles. The highest BCUT2D eigenvalue weighted by Crippen LogP contribution is 2.49. The standard InChI is InChI=1S/C26H33N3O3/c27-17-18-14-21-6-7-22(16-23(21)15-18)19-2-4-20(5-3-19)24(30)28-10-12-29(13-11-28)25(31)26(32)8-1-9-26/h2-5,18,21-23,32H,1,6-16H2. The molecule has 1 N–H and O–H groups in total. The Morgan fingerprint density at radius 1 is 0.938 bits per heavy atom. The molecule has 6 heteroatoms. The molecular formula is C26H33N3O3. The minimum Gasteiger partial charge on any atom is -0.380 e. The Bertz CT molecular complexity index is 909. The second kappa shape index (κ2) is 8.51. The number of hydrogen-bond acceptors (Lipinski definition) is 4. The molecule has 5 rings (SSSR count). The smallest absolute Gasteiger partial charge is 0.254 e. The molecule has 1 aromatic carbocycles. The highest BCUT2D eigenvalue weighted by molar-refractivity contribution is 5.94. The summed E-state index contributed by atoms with van der Waals surface area (Å²) < 4.78 is 0. The molecule has 170 valence electrons. The molecule has 3 aliphatic carbocycles. The van der Waals surface area contributed by atoms with Crippen molar-refractivity contribution in [2.24, 2.45) is 17.8 Å². The van der Waals surface area contributed by atoms with Gasteiger partial charge in [-0.2, -0.15) is 5.26 Å². The van der Waals surface area contributed by atoms with Gasteiger partial charge in [0.15, 0.2) is 0 Å². The Morgan fingerprint density at radius 3 is 2.22 bits per heavy atom. The molecule has 3 saturated carbocycles. The van der Waals surface area contributed by atoms with Crippen molar-refractivity contribution in [2.45, 2.75) is 62.9 Å². The molecule has 4 aliphatic rings. The van der Waals surface area contributed by atoms with Gasteiger partial charge < -0.3 is 14.9 Å². The maximum absolute atomic E-state index is 13.0. The van der Waals surface area contributed by atoms with Gasteiger partial charge in [-0.05, 0) is 86.8 Å². The van der Waals surface area contributed by atoms with Gasteiger partial charge in [-0.3, -0.25) is 9.59 Å². The van der Waals surface area contributed by atoms with Crippen molar-refractivity contribution in [3.63, 3.8) is 0 Å². The van der Waals surface area contributed by atoms with E-state index in [1.807, 2.05) is 17.0 Å². The zero-order valence-electron chi connectivity index (χ0n) is 18.7. The van der Waals surface area contributed by atoms with E-state index in [0.717, 1.165) is 25.2 Å². The van der Waals surface area contributed by atoms with Gasteiger partial charge >= 0.3 is 0 Å². The van der Waals surface area contributed by atoms with Crippen LogP contribution in [0.25, 0.3) is 0 Å². The lowest BCUT2D eigenvalue weighted by atomic mass is 9.73. The number of piperazine rings is 1. The van der Waals surface area contributed by atoms with Gasteiger partial charge in [0.05, 0.1) is 6.07 Å². The van der Waals surface area contributed by atoms with Crippen LogP contribution in [0.4, 0.5) is 0 Å². The number of benzene rings is 1. The highest BCUT2D eigenvalue weighted by Gasteiger charge is 2.45. The quantitative estimate of drug-likeness (QED) is 0.789. The zero-order valence-corrected chi connectivity index (χ0v) is 18.7. The maximum atomic E-state index is 13.0. The zero-order chi connectivity index (χ0) is 22.3. The lowest BCUT2D eigenvalue weighted by molar-refractivity contribution is -0.161. The monoisotopic (exact) mass is 435 g/mol. The molecule has 2 amide bonds. The predicted molar refractivity (Wildman–Crippen MR) is 120 cm³/mol. The number of carbonyl (C=O) groups is 2. The SMILES string of the molecule is N#CC1CC2CCC(c3ccc(C(=O)N4CCN(C(=O)C5(O)CCC5)CC4)cc3)CC2C1. The van der Waals surface area contributed by atoms with Crippen molar-refractivity contribution in [3.8, 4) is 6.07 Å². The van der Waals surface area contributed by atoms with Gasteiger partial charge in [-0.15, -0.1) is 0 Å². The molecule has 4 unspecified atom stereocenters. The Balaban J connectivity index is 1.16. The third-order valence-corrected chi connectivity index (χ3v) is 8.56. The number of nitriles is 1. The summed E-state index contributed by atoms with van der Waals surface area (Å²) in [6.45, 7) is 1.99.